The molecule has 0 bridgehead atoms. The summed E-state index contributed by atoms with van der Waals surface area (Å²) in [5.74, 6) is -1.25. The van der Waals surface area contributed by atoms with Gasteiger partial charge in [-0.1, -0.05) is 17.7 Å². The van der Waals surface area contributed by atoms with E-state index in [2.05, 4.69) is 5.32 Å². The Bertz CT molecular complexity index is 702. The van der Waals surface area contributed by atoms with Gasteiger partial charge < -0.3 is 11.5 Å². The number of benzene rings is 1. The zero-order valence-electron chi connectivity index (χ0n) is 9.94. The number of thiophene rings is 1. The van der Waals surface area contributed by atoms with E-state index in [1.54, 1.807) is 0 Å². The number of halogens is 2. The van der Waals surface area contributed by atoms with Crippen LogP contribution in [0.5, 0.6) is 0 Å². The van der Waals surface area contributed by atoms with Crippen LogP contribution in [0.2, 0.25) is 5.02 Å². The van der Waals surface area contributed by atoms with E-state index in [1.807, 2.05) is 0 Å². The van der Waals surface area contributed by atoms with Crippen molar-refractivity contribution < 1.29 is 14.0 Å². The quantitative estimate of drug-likeness (QED) is 0.812. The molecule has 0 spiro atoms. The molecule has 1 aromatic heterocycles. The molecular formula is C12H9ClFN3O2S. The van der Waals surface area contributed by atoms with Crippen LogP contribution in [0.15, 0.2) is 24.3 Å². The SMILES string of the molecule is NC(=O)Nc1sc(-c2ccc(F)c(Cl)c2)cc1C(N)=O. The standard InChI is InChI=1S/C12H9ClFN3O2S/c13-7-3-5(1-2-8(7)14)9-4-6(10(15)18)11(20-9)17-12(16)19/h1-4H,(H2,15,18)(H3,16,17,19). The summed E-state index contributed by atoms with van der Waals surface area (Å²) in [5, 5.41) is 2.52. The summed E-state index contributed by atoms with van der Waals surface area (Å²) in [6.07, 6.45) is 0. The third-order valence-corrected chi connectivity index (χ3v) is 3.83. The van der Waals surface area contributed by atoms with Crippen LogP contribution in [0.1, 0.15) is 10.4 Å². The molecule has 0 saturated carbocycles. The average Bonchev–Trinajstić information content (AvgIpc) is 2.76. The second-order valence-electron chi connectivity index (χ2n) is 3.84. The van der Waals surface area contributed by atoms with Crippen molar-refractivity contribution in [1.29, 1.82) is 0 Å². The molecule has 5 N–H and O–H groups in total. The van der Waals surface area contributed by atoms with Gasteiger partial charge in [0.05, 0.1) is 10.6 Å². The Labute approximate surface area is 122 Å². The molecular weight excluding hydrogens is 305 g/mol. The summed E-state index contributed by atoms with van der Waals surface area (Å²) in [7, 11) is 0. The lowest BCUT2D eigenvalue weighted by Crippen LogP contribution is -2.21. The maximum absolute atomic E-state index is 13.1. The summed E-state index contributed by atoms with van der Waals surface area (Å²) >= 11 is 6.80. The number of urea groups is 1. The Morgan fingerprint density at radius 2 is 1.95 bits per heavy atom. The number of amides is 3. The Morgan fingerprint density at radius 1 is 1.25 bits per heavy atom. The summed E-state index contributed by atoms with van der Waals surface area (Å²) in [6, 6.07) is 4.82. The van der Waals surface area contributed by atoms with Crippen molar-refractivity contribution in [3.05, 3.63) is 40.7 Å². The van der Waals surface area contributed by atoms with E-state index in [-0.39, 0.29) is 15.6 Å². The number of nitrogens with two attached hydrogens (primary N) is 2. The topological polar surface area (TPSA) is 98.2 Å². The van der Waals surface area contributed by atoms with Gasteiger partial charge in [-0.25, -0.2) is 9.18 Å². The zero-order valence-corrected chi connectivity index (χ0v) is 11.5. The van der Waals surface area contributed by atoms with E-state index < -0.39 is 17.8 Å². The lowest BCUT2D eigenvalue weighted by atomic mass is 10.1. The average molecular weight is 314 g/mol. The van der Waals surface area contributed by atoms with Gasteiger partial charge in [0.15, 0.2) is 0 Å². The van der Waals surface area contributed by atoms with E-state index in [1.165, 1.54) is 24.3 Å². The van der Waals surface area contributed by atoms with Crippen LogP contribution in [0.25, 0.3) is 10.4 Å². The summed E-state index contributed by atoms with van der Waals surface area (Å²) in [6.45, 7) is 0. The van der Waals surface area contributed by atoms with Gasteiger partial charge in [-0.3, -0.25) is 10.1 Å². The van der Waals surface area contributed by atoms with Gasteiger partial charge >= 0.3 is 6.03 Å². The molecule has 0 radical (unpaired) electrons. The first kappa shape index (κ1) is 14.3. The van der Waals surface area contributed by atoms with E-state index >= 15 is 0 Å². The Hall–Kier alpha value is -2.12. The fourth-order valence-electron chi connectivity index (χ4n) is 1.57. The minimum absolute atomic E-state index is 0.0408. The van der Waals surface area contributed by atoms with E-state index in [0.717, 1.165) is 11.3 Å². The van der Waals surface area contributed by atoms with E-state index in [4.69, 9.17) is 23.1 Å². The van der Waals surface area contributed by atoms with Crippen LogP contribution in [-0.4, -0.2) is 11.9 Å². The molecule has 5 nitrogen and oxygen atoms in total. The van der Waals surface area contributed by atoms with Crippen LogP contribution < -0.4 is 16.8 Å². The van der Waals surface area contributed by atoms with Crippen molar-refractivity contribution in [3.63, 3.8) is 0 Å². The molecule has 104 valence electrons. The molecule has 1 aromatic carbocycles. The predicted molar refractivity (Wildman–Crippen MR) is 76.4 cm³/mol. The number of hydrogen-bond acceptors (Lipinski definition) is 3. The Kier molecular flexibility index (Phi) is 3.91. The summed E-state index contributed by atoms with van der Waals surface area (Å²) in [5.41, 5.74) is 11.0. The number of anilines is 1. The first-order valence-electron chi connectivity index (χ1n) is 5.34. The van der Waals surface area contributed by atoms with Crippen molar-refractivity contribution in [2.45, 2.75) is 0 Å². The number of rotatable bonds is 3. The molecule has 0 fully saturated rings. The summed E-state index contributed by atoms with van der Waals surface area (Å²) in [4.78, 5) is 22.8. The smallest absolute Gasteiger partial charge is 0.317 e. The number of hydrogen-bond donors (Lipinski definition) is 3. The summed E-state index contributed by atoms with van der Waals surface area (Å²) < 4.78 is 13.1. The van der Waals surface area contributed by atoms with Crippen LogP contribution >= 0.6 is 22.9 Å². The lowest BCUT2D eigenvalue weighted by molar-refractivity contribution is 0.100. The molecule has 0 aliphatic carbocycles. The number of carbonyl (C=O) groups is 2. The second kappa shape index (κ2) is 5.48. The van der Waals surface area contributed by atoms with Crippen LogP contribution in [0.4, 0.5) is 14.2 Å². The molecule has 0 atom stereocenters. The van der Waals surface area contributed by atoms with Gasteiger partial charge in [0, 0.05) is 4.88 Å². The van der Waals surface area contributed by atoms with Gasteiger partial charge in [0.2, 0.25) is 0 Å². The van der Waals surface area contributed by atoms with E-state index in [9.17, 15) is 14.0 Å². The van der Waals surface area contributed by atoms with Crippen molar-refractivity contribution in [3.8, 4) is 10.4 Å². The maximum Gasteiger partial charge on any atom is 0.317 e. The molecule has 0 aliphatic rings. The van der Waals surface area contributed by atoms with Gasteiger partial charge in [-0.05, 0) is 23.8 Å². The van der Waals surface area contributed by atoms with Crippen molar-refractivity contribution in [2.75, 3.05) is 5.32 Å². The molecule has 2 rings (SSSR count). The highest BCUT2D eigenvalue weighted by molar-refractivity contribution is 7.20. The van der Waals surface area contributed by atoms with Gasteiger partial charge in [-0.15, -0.1) is 11.3 Å². The predicted octanol–water partition coefficient (Wildman–Crippen LogP) is 2.80. The third-order valence-electron chi connectivity index (χ3n) is 2.44. The Morgan fingerprint density at radius 3 is 2.50 bits per heavy atom. The van der Waals surface area contributed by atoms with Gasteiger partial charge in [0.25, 0.3) is 5.91 Å². The molecule has 8 heteroatoms. The van der Waals surface area contributed by atoms with Crippen LogP contribution in [0, 0.1) is 5.82 Å². The number of nitrogens with one attached hydrogen (secondary N) is 1. The largest absolute Gasteiger partial charge is 0.366 e. The minimum atomic E-state index is -0.807. The molecule has 0 saturated heterocycles. The normalized spacial score (nSPS) is 10.3. The molecule has 20 heavy (non-hydrogen) atoms. The highest BCUT2D eigenvalue weighted by Crippen LogP contribution is 2.36. The maximum atomic E-state index is 13.1. The highest BCUT2D eigenvalue weighted by atomic mass is 35.5. The van der Waals surface area contributed by atoms with Crippen molar-refractivity contribution in [2.24, 2.45) is 11.5 Å². The molecule has 1 heterocycles. The van der Waals surface area contributed by atoms with Crippen molar-refractivity contribution in [1.82, 2.24) is 0 Å². The van der Waals surface area contributed by atoms with Crippen molar-refractivity contribution >= 4 is 39.9 Å². The highest BCUT2D eigenvalue weighted by Gasteiger charge is 2.16. The minimum Gasteiger partial charge on any atom is -0.366 e. The number of primary amides is 2. The molecule has 3 amide bonds. The lowest BCUT2D eigenvalue weighted by Gasteiger charge is -1.99. The molecule has 0 unspecified atom stereocenters. The molecule has 0 aliphatic heterocycles. The fourth-order valence-corrected chi connectivity index (χ4v) is 2.81. The molecule has 2 aromatic rings. The Balaban J connectivity index is 2.49. The van der Waals surface area contributed by atoms with Crippen LogP contribution in [0.3, 0.4) is 0 Å². The first-order valence-corrected chi connectivity index (χ1v) is 6.53. The first-order chi connectivity index (χ1) is 9.38. The second-order valence-corrected chi connectivity index (χ2v) is 5.30. The van der Waals surface area contributed by atoms with E-state index in [0.29, 0.717) is 10.4 Å². The van der Waals surface area contributed by atoms with Crippen LogP contribution in [-0.2, 0) is 0 Å². The zero-order chi connectivity index (χ0) is 14.9. The fraction of sp³-hybridized carbons (Fsp3) is 0. The number of carbonyl (C=O) groups excluding carboxylic acids is 2. The van der Waals surface area contributed by atoms with Gasteiger partial charge in [0.1, 0.15) is 10.8 Å². The third kappa shape index (κ3) is 2.89. The van der Waals surface area contributed by atoms with Gasteiger partial charge in [-0.2, -0.15) is 0 Å². The monoisotopic (exact) mass is 313 g/mol.